The summed E-state index contributed by atoms with van der Waals surface area (Å²) >= 11 is 3.36. The molecule has 116 valence electrons. The Bertz CT molecular complexity index is 480. The summed E-state index contributed by atoms with van der Waals surface area (Å²) in [4.78, 5) is 22.5. The maximum Gasteiger partial charge on any atom is 0.320 e. The summed E-state index contributed by atoms with van der Waals surface area (Å²) in [6.45, 7) is 0. The van der Waals surface area contributed by atoms with Crippen LogP contribution in [0.15, 0.2) is 24.3 Å². The molecule has 0 aliphatic carbocycles. The average Bonchev–Trinajstić information content (AvgIpc) is 2.44. The van der Waals surface area contributed by atoms with E-state index in [2.05, 4.69) is 21.2 Å². The van der Waals surface area contributed by atoms with Gasteiger partial charge in [-0.2, -0.15) is 0 Å². The van der Waals surface area contributed by atoms with Gasteiger partial charge >= 0.3 is 5.97 Å². The van der Waals surface area contributed by atoms with Crippen molar-refractivity contribution < 1.29 is 14.7 Å². The fourth-order valence-electron chi connectivity index (χ4n) is 1.90. The normalized spacial score (nSPS) is 11.9. The number of carboxylic acids is 1. The topological polar surface area (TPSA) is 92.4 Å². The number of carboxylic acid groups (broad SMARTS) is 1. The maximum absolute atomic E-state index is 11.8. The van der Waals surface area contributed by atoms with E-state index in [-0.39, 0.29) is 12.3 Å². The second kappa shape index (κ2) is 9.52. The molecule has 0 fully saturated rings. The van der Waals surface area contributed by atoms with Gasteiger partial charge in [0.1, 0.15) is 6.04 Å². The van der Waals surface area contributed by atoms with E-state index in [1.165, 1.54) is 0 Å². The van der Waals surface area contributed by atoms with Crippen LogP contribution in [0.3, 0.4) is 0 Å². The van der Waals surface area contributed by atoms with E-state index in [9.17, 15) is 9.59 Å². The summed E-state index contributed by atoms with van der Waals surface area (Å²) in [6, 6.07) is 6.20. The number of hydrogen-bond donors (Lipinski definition) is 3. The molecule has 1 amide bonds. The van der Waals surface area contributed by atoms with Crippen LogP contribution in [0.5, 0.6) is 0 Å². The summed E-state index contributed by atoms with van der Waals surface area (Å²) in [5.41, 5.74) is 6.97. The highest BCUT2D eigenvalue weighted by molar-refractivity contribution is 9.09. The van der Waals surface area contributed by atoms with Gasteiger partial charge in [0.15, 0.2) is 0 Å². The standard InChI is InChI=1S/C15H21BrN2O3/c16-8-3-1-2-7-14(19)18-12-6-4-5-11(9-12)10-13(17)15(20)21/h4-6,9,13H,1-3,7-8,10,17H2,(H,18,19)(H,20,21). The monoisotopic (exact) mass is 356 g/mol. The van der Waals surface area contributed by atoms with Crippen LogP contribution in [0.1, 0.15) is 31.2 Å². The second-order valence-corrected chi connectivity index (χ2v) is 5.69. The van der Waals surface area contributed by atoms with E-state index in [1.54, 1.807) is 24.3 Å². The molecule has 5 nitrogen and oxygen atoms in total. The molecule has 0 saturated heterocycles. The molecule has 1 unspecified atom stereocenters. The van der Waals surface area contributed by atoms with Gasteiger partial charge in [0.05, 0.1) is 0 Å². The molecule has 21 heavy (non-hydrogen) atoms. The van der Waals surface area contributed by atoms with Gasteiger partial charge in [0, 0.05) is 17.4 Å². The van der Waals surface area contributed by atoms with Crippen molar-refractivity contribution in [1.82, 2.24) is 0 Å². The first kappa shape index (κ1) is 17.7. The third-order valence-electron chi connectivity index (χ3n) is 3.02. The molecule has 0 heterocycles. The van der Waals surface area contributed by atoms with Crippen molar-refractivity contribution in [2.75, 3.05) is 10.6 Å². The van der Waals surface area contributed by atoms with Crippen LogP contribution in [0.4, 0.5) is 5.69 Å². The Hall–Kier alpha value is -1.40. The molecule has 6 heteroatoms. The fourth-order valence-corrected chi connectivity index (χ4v) is 2.29. The van der Waals surface area contributed by atoms with Crippen LogP contribution < -0.4 is 11.1 Å². The molecule has 1 rings (SSSR count). The molecule has 4 N–H and O–H groups in total. The molecule has 0 spiro atoms. The highest BCUT2D eigenvalue weighted by Gasteiger charge is 2.12. The summed E-state index contributed by atoms with van der Waals surface area (Å²) < 4.78 is 0. The first-order chi connectivity index (χ1) is 10.0. The first-order valence-corrected chi connectivity index (χ1v) is 8.08. The van der Waals surface area contributed by atoms with Gasteiger partial charge in [0.2, 0.25) is 5.91 Å². The maximum atomic E-state index is 11.8. The highest BCUT2D eigenvalue weighted by Crippen LogP contribution is 2.13. The number of carbonyl (C=O) groups is 2. The van der Waals surface area contributed by atoms with E-state index < -0.39 is 12.0 Å². The van der Waals surface area contributed by atoms with Gasteiger partial charge < -0.3 is 16.2 Å². The highest BCUT2D eigenvalue weighted by atomic mass is 79.9. The van der Waals surface area contributed by atoms with Crippen molar-refractivity contribution in [1.29, 1.82) is 0 Å². The smallest absolute Gasteiger partial charge is 0.320 e. The molecule has 0 aromatic heterocycles. The summed E-state index contributed by atoms with van der Waals surface area (Å²) in [6.07, 6.45) is 3.68. The quantitative estimate of drug-likeness (QED) is 0.468. The van der Waals surface area contributed by atoms with E-state index in [0.717, 1.165) is 30.2 Å². The number of benzene rings is 1. The molecule has 1 atom stereocenters. The lowest BCUT2D eigenvalue weighted by Gasteiger charge is -2.09. The zero-order valence-corrected chi connectivity index (χ0v) is 13.4. The van der Waals surface area contributed by atoms with Crippen LogP contribution in [0.25, 0.3) is 0 Å². The Morgan fingerprint density at radius 2 is 2.05 bits per heavy atom. The third kappa shape index (κ3) is 7.24. The minimum atomic E-state index is -1.03. The van der Waals surface area contributed by atoms with Gasteiger partial charge in [-0.25, -0.2) is 0 Å². The van der Waals surface area contributed by atoms with Crippen LogP contribution in [-0.2, 0) is 16.0 Å². The van der Waals surface area contributed by atoms with Crippen LogP contribution in [0.2, 0.25) is 0 Å². The van der Waals surface area contributed by atoms with E-state index >= 15 is 0 Å². The van der Waals surface area contributed by atoms with Crippen LogP contribution >= 0.6 is 15.9 Å². The van der Waals surface area contributed by atoms with Crippen molar-refractivity contribution in [2.24, 2.45) is 5.73 Å². The third-order valence-corrected chi connectivity index (χ3v) is 3.58. The van der Waals surface area contributed by atoms with Crippen molar-refractivity contribution in [3.05, 3.63) is 29.8 Å². The second-order valence-electron chi connectivity index (χ2n) is 4.90. The molecule has 0 radical (unpaired) electrons. The van der Waals surface area contributed by atoms with Crippen molar-refractivity contribution in [3.8, 4) is 0 Å². The van der Waals surface area contributed by atoms with Gasteiger partial charge in [-0.3, -0.25) is 9.59 Å². The Kier molecular flexibility index (Phi) is 8.00. The van der Waals surface area contributed by atoms with Crippen LogP contribution in [0, 0.1) is 0 Å². The number of nitrogens with two attached hydrogens (primary N) is 1. The number of rotatable bonds is 9. The number of anilines is 1. The van der Waals surface area contributed by atoms with Crippen molar-refractivity contribution >= 4 is 33.5 Å². The summed E-state index contributed by atoms with van der Waals surface area (Å²) in [7, 11) is 0. The molecule has 0 aliphatic heterocycles. The predicted octanol–water partition coefficient (Wildman–Crippen LogP) is 2.53. The van der Waals surface area contributed by atoms with Crippen molar-refractivity contribution in [2.45, 2.75) is 38.1 Å². The van der Waals surface area contributed by atoms with Gasteiger partial charge in [-0.05, 0) is 37.0 Å². The van der Waals surface area contributed by atoms with Crippen molar-refractivity contribution in [3.63, 3.8) is 0 Å². The lowest BCUT2D eigenvalue weighted by atomic mass is 10.1. The minimum Gasteiger partial charge on any atom is -0.480 e. The molecule has 0 bridgehead atoms. The zero-order valence-electron chi connectivity index (χ0n) is 11.8. The first-order valence-electron chi connectivity index (χ1n) is 6.96. The SMILES string of the molecule is NC(Cc1cccc(NC(=O)CCCCCBr)c1)C(=O)O. The Labute approximate surface area is 133 Å². The number of hydrogen-bond acceptors (Lipinski definition) is 3. The number of amides is 1. The molecular formula is C15H21BrN2O3. The Morgan fingerprint density at radius 1 is 1.29 bits per heavy atom. The molecular weight excluding hydrogens is 336 g/mol. The number of nitrogens with one attached hydrogen (secondary N) is 1. The fraction of sp³-hybridized carbons (Fsp3) is 0.467. The van der Waals surface area contributed by atoms with Gasteiger partial charge in [0.25, 0.3) is 0 Å². The number of halogens is 1. The number of alkyl halides is 1. The molecule has 1 aromatic rings. The number of aliphatic carboxylic acids is 1. The predicted molar refractivity (Wildman–Crippen MR) is 86.6 cm³/mol. The van der Waals surface area contributed by atoms with E-state index in [0.29, 0.717) is 12.1 Å². The minimum absolute atomic E-state index is 0.0238. The summed E-state index contributed by atoms with van der Waals surface area (Å²) in [5, 5.41) is 12.6. The molecule has 0 saturated carbocycles. The van der Waals surface area contributed by atoms with E-state index in [4.69, 9.17) is 10.8 Å². The van der Waals surface area contributed by atoms with Gasteiger partial charge in [-0.15, -0.1) is 0 Å². The largest absolute Gasteiger partial charge is 0.480 e. The van der Waals surface area contributed by atoms with E-state index in [1.807, 2.05) is 0 Å². The lowest BCUT2D eigenvalue weighted by Crippen LogP contribution is -2.32. The number of unbranched alkanes of at least 4 members (excludes halogenated alkanes) is 2. The Morgan fingerprint density at radius 3 is 2.71 bits per heavy atom. The zero-order chi connectivity index (χ0) is 15.7. The Balaban J connectivity index is 2.48. The lowest BCUT2D eigenvalue weighted by molar-refractivity contribution is -0.138. The average molecular weight is 357 g/mol. The summed E-state index contributed by atoms with van der Waals surface area (Å²) in [5.74, 6) is -1.06. The van der Waals surface area contributed by atoms with Gasteiger partial charge in [-0.1, -0.05) is 34.5 Å². The molecule has 0 aliphatic rings. The molecule has 1 aromatic carbocycles. The number of carbonyl (C=O) groups excluding carboxylic acids is 1. The van der Waals surface area contributed by atoms with Crippen LogP contribution in [-0.4, -0.2) is 28.4 Å².